The first-order chi connectivity index (χ1) is 14.5. The highest BCUT2D eigenvalue weighted by molar-refractivity contribution is 5.96. The molecule has 1 aliphatic carbocycles. The summed E-state index contributed by atoms with van der Waals surface area (Å²) in [7, 11) is 1.98. The number of fused-ring (bicyclic) bond motifs is 2. The van der Waals surface area contributed by atoms with Gasteiger partial charge in [0.2, 0.25) is 0 Å². The van der Waals surface area contributed by atoms with Crippen molar-refractivity contribution in [3.05, 3.63) is 56.6 Å². The van der Waals surface area contributed by atoms with Crippen LogP contribution in [0.2, 0.25) is 0 Å². The van der Waals surface area contributed by atoms with Gasteiger partial charge < -0.3 is 20.1 Å². The molecule has 4 heterocycles. The number of likely N-dealkylation sites (N-methyl/N-ethyl adjacent to an activating group) is 1. The maximum Gasteiger partial charge on any atom is 0.272 e. The molecule has 2 aromatic rings. The van der Waals surface area contributed by atoms with Crippen LogP contribution >= 0.6 is 0 Å². The summed E-state index contributed by atoms with van der Waals surface area (Å²) in [6, 6.07) is 3.77. The van der Waals surface area contributed by atoms with Gasteiger partial charge in [0, 0.05) is 39.4 Å². The van der Waals surface area contributed by atoms with Crippen LogP contribution in [0.5, 0.6) is 0 Å². The Hall–Kier alpha value is -3.16. The molecule has 2 aliphatic heterocycles. The van der Waals surface area contributed by atoms with Gasteiger partial charge in [-0.3, -0.25) is 14.4 Å². The Labute approximate surface area is 174 Å². The van der Waals surface area contributed by atoms with Crippen molar-refractivity contribution >= 4 is 17.6 Å². The molecular weight excluding hydrogens is 382 g/mol. The van der Waals surface area contributed by atoms with Gasteiger partial charge in [0.1, 0.15) is 17.1 Å². The second-order valence-electron chi connectivity index (χ2n) is 8.48. The molecule has 0 spiro atoms. The lowest BCUT2D eigenvalue weighted by Gasteiger charge is -2.29. The van der Waals surface area contributed by atoms with Crippen LogP contribution in [0, 0.1) is 5.92 Å². The molecule has 2 aromatic heterocycles. The third-order valence-corrected chi connectivity index (χ3v) is 6.30. The van der Waals surface area contributed by atoms with Gasteiger partial charge in [-0.25, -0.2) is 4.98 Å². The summed E-state index contributed by atoms with van der Waals surface area (Å²) in [4.78, 5) is 49.1. The predicted octanol–water partition coefficient (Wildman–Crippen LogP) is 1.10. The fourth-order valence-electron chi connectivity index (χ4n) is 4.31. The molecule has 3 aliphatic rings. The first-order valence-corrected chi connectivity index (χ1v) is 10.5. The fraction of sp³-hybridized carbons (Fsp3) is 0.455. The van der Waals surface area contributed by atoms with Crippen molar-refractivity contribution in [3.8, 4) is 0 Å². The standard InChI is InChI=1S/C22H25N5O3/c1-26-8-6-14-4-5-17(25-19(14)26)22(30)27-9-7-16-15(12-27)11-24-21(29)18(16)20(28)23-10-13-2-3-13/h4-5,11,13H,2-3,6-10,12H2,1H3,(H,23,28)(H,24,29). The number of H-pyrrole nitrogens is 1. The Morgan fingerprint density at radius 2 is 2.03 bits per heavy atom. The molecule has 30 heavy (non-hydrogen) atoms. The van der Waals surface area contributed by atoms with Crippen LogP contribution in [0.25, 0.3) is 0 Å². The minimum Gasteiger partial charge on any atom is -0.359 e. The lowest BCUT2D eigenvalue weighted by molar-refractivity contribution is 0.0728. The minimum absolute atomic E-state index is 0.130. The van der Waals surface area contributed by atoms with Crippen LogP contribution in [-0.2, 0) is 19.4 Å². The Morgan fingerprint density at radius 1 is 1.20 bits per heavy atom. The van der Waals surface area contributed by atoms with Crippen molar-refractivity contribution in [1.82, 2.24) is 20.2 Å². The molecule has 0 radical (unpaired) electrons. The van der Waals surface area contributed by atoms with Crippen molar-refractivity contribution in [2.45, 2.75) is 32.2 Å². The van der Waals surface area contributed by atoms with Crippen LogP contribution in [-0.4, -0.2) is 53.4 Å². The maximum atomic E-state index is 13.1. The van der Waals surface area contributed by atoms with E-state index in [2.05, 4.69) is 20.2 Å². The number of hydrogen-bond acceptors (Lipinski definition) is 5. The van der Waals surface area contributed by atoms with E-state index in [1.807, 2.05) is 13.1 Å². The normalized spacial score (nSPS) is 17.5. The number of pyridine rings is 2. The SMILES string of the molecule is CN1CCc2ccc(C(=O)N3CCc4c(c[nH]c(=O)c4C(=O)NCC4CC4)C3)nc21. The Kier molecular flexibility index (Phi) is 4.56. The first-order valence-electron chi connectivity index (χ1n) is 10.5. The molecule has 8 nitrogen and oxygen atoms in total. The largest absolute Gasteiger partial charge is 0.359 e. The van der Waals surface area contributed by atoms with Gasteiger partial charge in [-0.2, -0.15) is 0 Å². The van der Waals surface area contributed by atoms with Crippen LogP contribution in [0.3, 0.4) is 0 Å². The van der Waals surface area contributed by atoms with Gasteiger partial charge in [0.15, 0.2) is 0 Å². The zero-order valence-electron chi connectivity index (χ0n) is 17.0. The third kappa shape index (κ3) is 3.36. The molecule has 0 atom stereocenters. The van der Waals surface area contributed by atoms with Crippen LogP contribution in [0.1, 0.15) is 50.4 Å². The van der Waals surface area contributed by atoms with E-state index in [0.29, 0.717) is 37.7 Å². The Bertz CT molecular complexity index is 1090. The molecule has 5 rings (SSSR count). The summed E-state index contributed by atoms with van der Waals surface area (Å²) in [6.45, 7) is 2.33. The number of aromatic nitrogens is 2. The number of nitrogens with zero attached hydrogens (tertiary/aromatic N) is 3. The number of aromatic amines is 1. The molecule has 8 heteroatoms. The summed E-state index contributed by atoms with van der Waals surface area (Å²) >= 11 is 0. The summed E-state index contributed by atoms with van der Waals surface area (Å²) in [6.07, 6.45) is 5.31. The average Bonchev–Trinajstić information content (AvgIpc) is 3.52. The van der Waals surface area contributed by atoms with E-state index >= 15 is 0 Å². The molecular formula is C22H25N5O3. The van der Waals surface area contributed by atoms with E-state index in [9.17, 15) is 14.4 Å². The smallest absolute Gasteiger partial charge is 0.272 e. The molecule has 0 aromatic carbocycles. The Morgan fingerprint density at radius 3 is 2.83 bits per heavy atom. The van der Waals surface area contributed by atoms with Crippen molar-refractivity contribution in [2.75, 3.05) is 31.6 Å². The number of nitrogens with one attached hydrogen (secondary N) is 2. The van der Waals surface area contributed by atoms with Crippen molar-refractivity contribution < 1.29 is 9.59 Å². The van der Waals surface area contributed by atoms with Crippen molar-refractivity contribution in [2.24, 2.45) is 5.92 Å². The van der Waals surface area contributed by atoms with Crippen LogP contribution in [0.4, 0.5) is 5.82 Å². The highest BCUT2D eigenvalue weighted by Gasteiger charge is 2.29. The second-order valence-corrected chi connectivity index (χ2v) is 8.48. The van der Waals surface area contributed by atoms with E-state index in [4.69, 9.17) is 0 Å². The fourth-order valence-corrected chi connectivity index (χ4v) is 4.31. The molecule has 2 amide bonds. The lowest BCUT2D eigenvalue weighted by Crippen LogP contribution is -2.40. The molecule has 0 saturated heterocycles. The third-order valence-electron chi connectivity index (χ3n) is 6.30. The average molecular weight is 407 g/mol. The molecule has 0 unspecified atom stereocenters. The first kappa shape index (κ1) is 18.8. The predicted molar refractivity (Wildman–Crippen MR) is 112 cm³/mol. The minimum atomic E-state index is -0.370. The second kappa shape index (κ2) is 7.27. The number of carbonyl (C=O) groups excluding carboxylic acids is 2. The molecule has 156 valence electrons. The van der Waals surface area contributed by atoms with Gasteiger partial charge in [0.05, 0.1) is 0 Å². The monoisotopic (exact) mass is 407 g/mol. The number of rotatable bonds is 4. The highest BCUT2D eigenvalue weighted by atomic mass is 16.2. The van der Waals surface area contributed by atoms with E-state index in [1.54, 1.807) is 17.2 Å². The number of amides is 2. The molecule has 2 N–H and O–H groups in total. The summed E-state index contributed by atoms with van der Waals surface area (Å²) < 4.78 is 0. The zero-order valence-corrected chi connectivity index (χ0v) is 17.0. The van der Waals surface area contributed by atoms with E-state index < -0.39 is 0 Å². The van der Waals surface area contributed by atoms with E-state index in [0.717, 1.165) is 48.3 Å². The molecule has 1 saturated carbocycles. The number of hydrogen-bond donors (Lipinski definition) is 2. The van der Waals surface area contributed by atoms with Crippen molar-refractivity contribution in [3.63, 3.8) is 0 Å². The van der Waals surface area contributed by atoms with Gasteiger partial charge in [-0.15, -0.1) is 0 Å². The summed E-state index contributed by atoms with van der Waals surface area (Å²) in [5, 5.41) is 2.89. The maximum absolute atomic E-state index is 13.1. The lowest BCUT2D eigenvalue weighted by atomic mass is 9.96. The summed E-state index contributed by atoms with van der Waals surface area (Å²) in [5.41, 5.74) is 2.97. The van der Waals surface area contributed by atoms with Gasteiger partial charge in [-0.1, -0.05) is 6.07 Å². The molecule has 0 bridgehead atoms. The van der Waals surface area contributed by atoms with Gasteiger partial charge >= 0.3 is 0 Å². The molecule has 1 fully saturated rings. The van der Waals surface area contributed by atoms with Crippen LogP contribution < -0.4 is 15.8 Å². The van der Waals surface area contributed by atoms with Gasteiger partial charge in [-0.05, 0) is 54.4 Å². The number of carbonyl (C=O) groups is 2. The van der Waals surface area contributed by atoms with Crippen LogP contribution in [0.15, 0.2) is 23.1 Å². The zero-order chi connectivity index (χ0) is 20.8. The topological polar surface area (TPSA) is 98.4 Å². The highest BCUT2D eigenvalue weighted by Crippen LogP contribution is 2.28. The van der Waals surface area contributed by atoms with Crippen molar-refractivity contribution in [1.29, 1.82) is 0 Å². The van der Waals surface area contributed by atoms with E-state index in [1.165, 1.54) is 0 Å². The van der Waals surface area contributed by atoms with Gasteiger partial charge in [0.25, 0.3) is 17.4 Å². The number of anilines is 1. The quantitative estimate of drug-likeness (QED) is 0.791. The van der Waals surface area contributed by atoms with E-state index in [-0.39, 0.29) is 22.9 Å². The summed E-state index contributed by atoms with van der Waals surface area (Å²) in [5.74, 6) is 0.967. The Balaban J connectivity index is 1.37.